The molecule has 0 spiro atoms. The molecule has 4 aliphatic heterocycles. The molecule has 4 aliphatic rings. The fourth-order valence-corrected chi connectivity index (χ4v) is 6.51. The minimum atomic E-state index is -4.95. The standard InChI is InChI=1S/C21H23N9O13P2/c22-7-1-2-24-16-10(7)25-5-29(16)19-13(32)14-9(41-19)4-39-45(36,37)43-15-12(31)8(3-38-44(34,35)42-14)40-20(15)30-6-26-11-17(30)27-21(23)28-18(11)33/h3,5-7,10,12,16,24,31,34-37H,1-2,4,22H2,(H2-2,23,27,28,32,33)/p+2/b8-3+/t7-,10?,12-,16?/m1/s1. The van der Waals surface area contributed by atoms with Gasteiger partial charge in [-0.25, -0.2) is 14.1 Å². The van der Waals surface area contributed by atoms with Gasteiger partial charge in [-0.2, -0.15) is 24.6 Å². The molecule has 45 heavy (non-hydrogen) atoms. The van der Waals surface area contributed by atoms with Crippen molar-refractivity contribution in [1.29, 1.82) is 0 Å². The summed E-state index contributed by atoms with van der Waals surface area (Å²) >= 11 is 0. The van der Waals surface area contributed by atoms with Gasteiger partial charge in [0.05, 0.1) is 6.34 Å². The molecule has 0 saturated carbocycles. The first-order valence-electron chi connectivity index (χ1n) is 12.9. The SMILES string of the molecule is Nc1nc2c(ncn2C2=C3O[P+](O)(O)OCc4oc(N5C=NC6C5NCC[C@H]6N)c(O)c4O[P+](O)(O)O/C=C(/O2)[C@H]3O)c(=O)[nH]1. The molecular weight excluding hydrogens is 648 g/mol. The van der Waals surface area contributed by atoms with E-state index in [4.69, 9.17) is 38.7 Å². The number of piperidine rings is 1. The number of aliphatic hydroxyl groups is 1. The maximum absolute atomic E-state index is 12.3. The fraction of sp³-hybridized carbons (Fsp3) is 0.333. The third-order valence-electron chi connectivity index (χ3n) is 7.07. The number of hydrogen-bond acceptors (Lipinski definition) is 20. The molecule has 4 atom stereocenters. The van der Waals surface area contributed by atoms with Gasteiger partial charge in [0, 0.05) is 6.04 Å². The first-order valence-corrected chi connectivity index (χ1v) is 16.0. The van der Waals surface area contributed by atoms with Gasteiger partial charge in [0.1, 0.15) is 18.5 Å². The number of fused-ring (bicyclic) bond motifs is 5. The van der Waals surface area contributed by atoms with Crippen molar-refractivity contribution in [2.24, 2.45) is 10.7 Å². The Morgan fingerprint density at radius 3 is 2.76 bits per heavy atom. The first kappa shape index (κ1) is 29.6. The summed E-state index contributed by atoms with van der Waals surface area (Å²) in [5.41, 5.74) is 10.7. The van der Waals surface area contributed by atoms with Crippen molar-refractivity contribution in [3.63, 3.8) is 0 Å². The van der Waals surface area contributed by atoms with Crippen LogP contribution < -0.4 is 31.8 Å². The fourth-order valence-electron chi connectivity index (χ4n) is 5.03. The molecule has 0 aliphatic carbocycles. The van der Waals surface area contributed by atoms with Crippen LogP contribution >= 0.6 is 16.3 Å². The van der Waals surface area contributed by atoms with Crippen LogP contribution in [0.5, 0.6) is 11.5 Å². The van der Waals surface area contributed by atoms with Crippen LogP contribution in [-0.2, 0) is 24.9 Å². The van der Waals surface area contributed by atoms with Crippen LogP contribution in [0.15, 0.2) is 38.3 Å². The van der Waals surface area contributed by atoms with E-state index in [9.17, 15) is 34.6 Å². The predicted molar refractivity (Wildman–Crippen MR) is 151 cm³/mol. The first-order chi connectivity index (χ1) is 21.3. The Labute approximate surface area is 250 Å². The molecule has 7 rings (SSSR count). The van der Waals surface area contributed by atoms with Gasteiger partial charge in [0.25, 0.3) is 23.0 Å². The van der Waals surface area contributed by atoms with E-state index in [2.05, 4.69) is 25.3 Å². The van der Waals surface area contributed by atoms with Gasteiger partial charge in [-0.05, 0) is 13.0 Å². The maximum Gasteiger partial charge on any atom is 0.663 e. The van der Waals surface area contributed by atoms with E-state index in [0.717, 1.165) is 10.9 Å². The van der Waals surface area contributed by atoms with E-state index < -0.39 is 81.5 Å². The zero-order valence-electron chi connectivity index (χ0n) is 22.5. The van der Waals surface area contributed by atoms with Crippen molar-refractivity contribution in [3.8, 4) is 11.5 Å². The number of aromatic amines is 1. The van der Waals surface area contributed by atoms with Gasteiger partial charge >= 0.3 is 16.3 Å². The number of ether oxygens (including phenoxy) is 1. The lowest BCUT2D eigenvalue weighted by Crippen LogP contribution is -2.58. The second kappa shape index (κ2) is 10.5. The number of nitrogens with two attached hydrogens (primary N) is 2. The van der Waals surface area contributed by atoms with Gasteiger partial charge in [-0.15, -0.1) is 4.52 Å². The molecule has 0 aromatic carbocycles. The molecule has 22 nitrogen and oxygen atoms in total. The molecule has 2 unspecified atom stereocenters. The average Bonchev–Trinajstić information content (AvgIpc) is 3.72. The molecule has 0 radical (unpaired) electrons. The normalized spacial score (nSPS) is 28.4. The zero-order valence-corrected chi connectivity index (χ0v) is 24.3. The number of imidazole rings is 1. The second-order valence-electron chi connectivity index (χ2n) is 10.00. The summed E-state index contributed by atoms with van der Waals surface area (Å²) < 4.78 is 33.0. The Morgan fingerprint density at radius 2 is 1.96 bits per heavy atom. The highest BCUT2D eigenvalue weighted by molar-refractivity contribution is 7.55. The molecule has 7 heterocycles. The summed E-state index contributed by atoms with van der Waals surface area (Å²) in [5, 5.41) is 25.2. The number of aliphatic imine (C=N–C) groups is 1. The number of aromatic hydroxyl groups is 1. The van der Waals surface area contributed by atoms with Crippen LogP contribution in [0.4, 0.5) is 11.8 Å². The van der Waals surface area contributed by atoms with E-state index in [1.54, 1.807) is 0 Å². The summed E-state index contributed by atoms with van der Waals surface area (Å²) in [7, 11) is -9.89. The van der Waals surface area contributed by atoms with Crippen molar-refractivity contribution in [3.05, 3.63) is 40.2 Å². The number of furan rings is 1. The van der Waals surface area contributed by atoms with Crippen LogP contribution in [-0.4, -0.2) is 86.5 Å². The highest BCUT2D eigenvalue weighted by Gasteiger charge is 2.53. The van der Waals surface area contributed by atoms with Crippen molar-refractivity contribution >= 4 is 51.6 Å². The lowest BCUT2D eigenvalue weighted by atomic mass is 9.99. The van der Waals surface area contributed by atoms with Crippen molar-refractivity contribution < 1.29 is 57.0 Å². The third-order valence-corrected chi connectivity index (χ3v) is 8.77. The minimum Gasteiger partial charge on any atom is -0.500 e. The van der Waals surface area contributed by atoms with E-state index in [0.29, 0.717) is 19.2 Å². The summed E-state index contributed by atoms with van der Waals surface area (Å²) in [6, 6.07) is -0.688. The highest BCUT2D eigenvalue weighted by atomic mass is 31.2. The van der Waals surface area contributed by atoms with Crippen LogP contribution in [0.25, 0.3) is 17.0 Å². The number of rotatable bonds is 2. The molecule has 240 valence electrons. The highest BCUT2D eigenvalue weighted by Crippen LogP contribution is 2.61. The van der Waals surface area contributed by atoms with Gasteiger partial charge in [-0.1, -0.05) is 0 Å². The summed E-state index contributed by atoms with van der Waals surface area (Å²) in [6.07, 6.45) is 1.10. The average molecular weight is 673 g/mol. The molecular formula is C21H25N9O13P2+2. The minimum absolute atomic E-state index is 0.178. The molecule has 3 aromatic heterocycles. The molecule has 2 bridgehead atoms. The Hall–Kier alpha value is -4.08. The summed E-state index contributed by atoms with van der Waals surface area (Å²) in [5.74, 6) is -4.20. The van der Waals surface area contributed by atoms with Gasteiger partial charge in [0.15, 0.2) is 41.7 Å². The Morgan fingerprint density at radius 1 is 1.16 bits per heavy atom. The lowest BCUT2D eigenvalue weighted by molar-refractivity contribution is 0.102. The molecule has 24 heteroatoms. The van der Waals surface area contributed by atoms with Crippen LogP contribution in [0.1, 0.15) is 12.2 Å². The third kappa shape index (κ3) is 5.12. The quantitative estimate of drug-likeness (QED) is 0.134. The van der Waals surface area contributed by atoms with Crippen LogP contribution in [0.3, 0.4) is 0 Å². The van der Waals surface area contributed by atoms with Crippen molar-refractivity contribution in [2.75, 3.05) is 17.2 Å². The van der Waals surface area contributed by atoms with Crippen molar-refractivity contribution in [1.82, 2.24) is 24.8 Å². The topological polar surface area (TPSA) is 324 Å². The number of aliphatic hydroxyl groups excluding tert-OH is 1. The van der Waals surface area contributed by atoms with E-state index >= 15 is 0 Å². The van der Waals surface area contributed by atoms with E-state index in [-0.39, 0.29) is 29.0 Å². The second-order valence-corrected chi connectivity index (χ2v) is 12.8. The summed E-state index contributed by atoms with van der Waals surface area (Å²) in [4.78, 5) is 70.9. The largest absolute Gasteiger partial charge is 0.663 e. The molecule has 12 N–H and O–H groups in total. The monoisotopic (exact) mass is 673 g/mol. The number of nitrogens with one attached hydrogen (secondary N) is 2. The van der Waals surface area contributed by atoms with E-state index in [1.165, 1.54) is 11.2 Å². The number of nitrogen functional groups attached to an aromatic ring is 1. The van der Waals surface area contributed by atoms with E-state index in [1.807, 2.05) is 0 Å². The predicted octanol–water partition coefficient (Wildman–Crippen LogP) is -1.81. The maximum atomic E-state index is 12.3. The van der Waals surface area contributed by atoms with Crippen LogP contribution in [0, 0.1) is 0 Å². The number of H-pyrrole nitrogens is 1. The lowest BCUT2D eigenvalue weighted by Gasteiger charge is -2.34. The summed E-state index contributed by atoms with van der Waals surface area (Å²) in [6.45, 7) is -0.357. The Kier molecular flexibility index (Phi) is 6.91. The van der Waals surface area contributed by atoms with Gasteiger partial charge in [0.2, 0.25) is 17.6 Å². The molecule has 3 aromatic rings. The number of aromatic nitrogens is 4. The van der Waals surface area contributed by atoms with Crippen LogP contribution in [0.2, 0.25) is 0 Å². The number of nitrogens with zero attached hydrogens (tertiary/aromatic N) is 5. The Balaban J connectivity index is 1.27. The van der Waals surface area contributed by atoms with Crippen molar-refractivity contribution in [2.45, 2.75) is 37.4 Å². The van der Waals surface area contributed by atoms with Gasteiger partial charge < -0.3 is 30.8 Å². The molecule has 1 saturated heterocycles. The molecule has 0 amide bonds. The number of anilines is 2. The van der Waals surface area contributed by atoms with Gasteiger partial charge in [-0.3, -0.25) is 34.0 Å². The Bertz CT molecular complexity index is 1840. The smallest absolute Gasteiger partial charge is 0.500 e. The molecule has 1 fully saturated rings. The number of hydrogen-bond donors (Lipinski definition) is 10. The zero-order chi connectivity index (χ0) is 31.8.